The molecule has 0 aliphatic rings. The van der Waals surface area contributed by atoms with Gasteiger partial charge in [-0.3, -0.25) is 37.6 Å². The molecule has 0 unspecified atom stereocenters. The Balaban J connectivity index is 2.24. The zero-order chi connectivity index (χ0) is 39.6. The highest BCUT2D eigenvalue weighted by molar-refractivity contribution is 7.53. The Labute approximate surface area is 317 Å². The molecular weight excluding hydrogens is 730 g/mol. The molecule has 0 bridgehead atoms. The number of likely N-dealkylation sites (N-methyl/N-ethyl adjacent to an activating group) is 3. The van der Waals surface area contributed by atoms with Crippen LogP contribution in [-0.4, -0.2) is 116 Å². The normalized spacial score (nSPS) is 11.8. The number of ether oxygens (including phenoxy) is 1. The first-order valence-corrected chi connectivity index (χ1v) is 20.0. The average molecular weight is 783 g/mol. The lowest BCUT2D eigenvalue weighted by Crippen LogP contribution is -2.39. The second-order valence-corrected chi connectivity index (χ2v) is 14.6. The van der Waals surface area contributed by atoms with Gasteiger partial charge in [0.25, 0.3) is 5.91 Å². The largest absolute Gasteiger partial charge is 0.456 e. The number of hydrogen-bond acceptors (Lipinski definition) is 9. The smallest absolute Gasteiger partial charge is 0.332 e. The van der Waals surface area contributed by atoms with Gasteiger partial charge < -0.3 is 24.8 Å². The number of halogens is 2. The minimum atomic E-state index is -4.15. The predicted molar refractivity (Wildman–Crippen MR) is 201 cm³/mol. The van der Waals surface area contributed by atoms with Gasteiger partial charge in [0, 0.05) is 62.3 Å². The third-order valence-corrected chi connectivity index (χ3v) is 10.6. The molecule has 0 fully saturated rings. The Morgan fingerprint density at radius 3 is 1.74 bits per heavy atom. The molecule has 2 aromatic rings. The van der Waals surface area contributed by atoms with Gasteiger partial charge in [-0.25, -0.2) is 4.39 Å². The molecule has 0 spiro atoms. The van der Waals surface area contributed by atoms with Crippen LogP contribution in [0.5, 0.6) is 0 Å². The number of amides is 4. The number of carbonyl (C=O) groups is 5. The van der Waals surface area contributed by atoms with Gasteiger partial charge in [-0.2, -0.15) is 0 Å². The third-order valence-electron chi connectivity index (χ3n) is 8.54. The fraction of sp³-hybridized carbons (Fsp3) is 0.541. The van der Waals surface area contributed by atoms with Gasteiger partial charge in [-0.05, 0) is 77.3 Å². The van der Waals surface area contributed by atoms with E-state index in [2.05, 4.69) is 5.32 Å². The molecule has 1 atom stereocenters. The van der Waals surface area contributed by atoms with E-state index in [-0.39, 0.29) is 18.7 Å². The van der Waals surface area contributed by atoms with Crippen LogP contribution in [0.25, 0.3) is 11.1 Å². The minimum Gasteiger partial charge on any atom is -0.456 e. The maximum atomic E-state index is 14.5. The van der Waals surface area contributed by atoms with Gasteiger partial charge in [0.15, 0.2) is 6.61 Å². The van der Waals surface area contributed by atoms with Crippen LogP contribution < -0.4 is 5.32 Å². The predicted octanol–water partition coefficient (Wildman–Crippen LogP) is 5.33. The molecule has 0 radical (unpaired) electrons. The summed E-state index contributed by atoms with van der Waals surface area (Å²) in [7, 11) is -4.15. The van der Waals surface area contributed by atoms with E-state index in [1.165, 1.54) is 32.9 Å². The highest BCUT2D eigenvalue weighted by Gasteiger charge is 2.30. The third kappa shape index (κ3) is 15.2. The van der Waals surface area contributed by atoms with E-state index in [1.54, 1.807) is 52.0 Å². The van der Waals surface area contributed by atoms with Gasteiger partial charge in [0.1, 0.15) is 19.0 Å². The Kier molecular flexibility index (Phi) is 19.7. The first-order chi connectivity index (χ1) is 25.2. The van der Waals surface area contributed by atoms with Crippen molar-refractivity contribution >= 4 is 48.8 Å². The van der Waals surface area contributed by atoms with E-state index >= 15 is 0 Å². The number of hydrogen-bond donors (Lipinski definition) is 1. The van der Waals surface area contributed by atoms with Gasteiger partial charge in [-0.1, -0.05) is 35.9 Å². The van der Waals surface area contributed by atoms with Crippen LogP contribution in [0.2, 0.25) is 5.02 Å². The lowest BCUT2D eigenvalue weighted by atomic mass is 9.99. The van der Waals surface area contributed by atoms with Gasteiger partial charge in [0.05, 0.1) is 12.6 Å². The summed E-state index contributed by atoms with van der Waals surface area (Å²) in [6.07, 6.45) is -1.01. The molecule has 2 aromatic carbocycles. The molecule has 4 amide bonds. The van der Waals surface area contributed by atoms with Crippen LogP contribution in [0.15, 0.2) is 42.5 Å². The summed E-state index contributed by atoms with van der Waals surface area (Å²) in [5.41, 5.74) is 1.57. The first kappa shape index (κ1) is 45.3. The van der Waals surface area contributed by atoms with Gasteiger partial charge in [-0.15, -0.1) is 0 Å². The second kappa shape index (κ2) is 23.1. The van der Waals surface area contributed by atoms with Crippen LogP contribution in [0, 0.1) is 5.82 Å². The topological polar surface area (TPSA) is 152 Å². The molecule has 53 heavy (non-hydrogen) atoms. The molecule has 0 aromatic heterocycles. The fourth-order valence-electron chi connectivity index (χ4n) is 5.41. The zero-order valence-electron chi connectivity index (χ0n) is 31.5. The lowest BCUT2D eigenvalue weighted by Gasteiger charge is -2.24. The lowest BCUT2D eigenvalue weighted by molar-refractivity contribution is -0.152. The van der Waals surface area contributed by atoms with E-state index in [4.69, 9.17) is 25.4 Å². The maximum absolute atomic E-state index is 14.5. The molecule has 0 heterocycles. The van der Waals surface area contributed by atoms with Crippen LogP contribution in [0.4, 0.5) is 4.39 Å². The maximum Gasteiger partial charge on any atom is 0.332 e. The molecule has 16 heteroatoms. The Bertz CT molecular complexity index is 1540. The summed E-state index contributed by atoms with van der Waals surface area (Å²) in [6.45, 7) is 11.7. The SMILES string of the molecule is CCN(CC)C(=O)COC(=O)C[C@@H](Cc1ccc(-c2cc(Cl)ccc2F)cc1)NC(=O)CCP(=O)(OCC(=O)N(CC)CC)OCC(=O)N(CC)CC. The summed E-state index contributed by atoms with van der Waals surface area (Å²) >= 11 is 6.07. The van der Waals surface area contributed by atoms with Gasteiger partial charge in [0.2, 0.25) is 17.7 Å². The second-order valence-electron chi connectivity index (χ2n) is 12.0. The Hall–Kier alpha value is -3.84. The van der Waals surface area contributed by atoms with Crippen LogP contribution in [-0.2, 0) is 48.7 Å². The molecule has 2 rings (SSSR count). The van der Waals surface area contributed by atoms with E-state index < -0.39 is 75.5 Å². The van der Waals surface area contributed by atoms with Crippen molar-refractivity contribution in [3.8, 4) is 11.1 Å². The van der Waals surface area contributed by atoms with Crippen molar-refractivity contribution in [2.24, 2.45) is 0 Å². The quantitative estimate of drug-likeness (QED) is 0.117. The van der Waals surface area contributed by atoms with E-state index in [0.29, 0.717) is 61.0 Å². The summed E-state index contributed by atoms with van der Waals surface area (Å²) in [6, 6.07) is 10.2. The van der Waals surface area contributed by atoms with Crippen molar-refractivity contribution in [2.75, 3.05) is 65.3 Å². The summed E-state index contributed by atoms with van der Waals surface area (Å²) in [5.74, 6) is -3.01. The standard InChI is InChI=1S/C37H53ClFN4O9P/c1-7-41(8-2)34(45)24-50-37(48)23-30(21-27-13-15-28(16-14-27)31-22-29(38)17-18-32(31)39)40-33(44)19-20-53(49,51-25-35(46)42(9-3)10-4)52-26-36(47)43(11-5)12-6/h13-18,22,30H,7-12,19-21,23-26H2,1-6H3,(H,40,44)/t30-/m1/s1. The molecule has 13 nitrogen and oxygen atoms in total. The summed E-state index contributed by atoms with van der Waals surface area (Å²) in [4.78, 5) is 68.4. The highest BCUT2D eigenvalue weighted by Crippen LogP contribution is 2.48. The summed E-state index contributed by atoms with van der Waals surface area (Å²) in [5, 5.41) is 3.14. The average Bonchev–Trinajstić information content (AvgIpc) is 3.14. The monoisotopic (exact) mass is 782 g/mol. The van der Waals surface area contributed by atoms with Crippen molar-refractivity contribution in [1.82, 2.24) is 20.0 Å². The number of benzene rings is 2. The van der Waals surface area contributed by atoms with Crippen molar-refractivity contribution in [2.45, 2.75) is 66.8 Å². The van der Waals surface area contributed by atoms with Crippen molar-refractivity contribution in [3.05, 3.63) is 58.9 Å². The van der Waals surface area contributed by atoms with Crippen molar-refractivity contribution < 1.29 is 46.7 Å². The van der Waals surface area contributed by atoms with Crippen LogP contribution in [0.1, 0.15) is 59.9 Å². The zero-order valence-corrected chi connectivity index (χ0v) is 33.2. The summed E-state index contributed by atoms with van der Waals surface area (Å²) < 4.78 is 44.5. The number of carbonyl (C=O) groups excluding carboxylic acids is 5. The Morgan fingerprint density at radius 1 is 0.755 bits per heavy atom. The number of nitrogens with zero attached hydrogens (tertiary/aromatic N) is 3. The van der Waals surface area contributed by atoms with E-state index in [9.17, 15) is 32.9 Å². The molecule has 0 aliphatic heterocycles. The minimum absolute atomic E-state index is 0.143. The van der Waals surface area contributed by atoms with Crippen molar-refractivity contribution in [1.29, 1.82) is 0 Å². The fourth-order valence-corrected chi connectivity index (χ4v) is 7.01. The molecular formula is C37H53ClFN4O9P. The van der Waals surface area contributed by atoms with E-state index in [1.807, 2.05) is 13.8 Å². The molecule has 0 saturated carbocycles. The highest BCUT2D eigenvalue weighted by atomic mass is 35.5. The number of rotatable bonds is 23. The number of nitrogens with one attached hydrogen (secondary N) is 1. The molecule has 0 saturated heterocycles. The first-order valence-electron chi connectivity index (χ1n) is 17.9. The van der Waals surface area contributed by atoms with Crippen LogP contribution in [0.3, 0.4) is 0 Å². The van der Waals surface area contributed by atoms with E-state index in [0.717, 1.165) is 0 Å². The van der Waals surface area contributed by atoms with Crippen molar-refractivity contribution in [3.63, 3.8) is 0 Å². The molecule has 1 N–H and O–H groups in total. The van der Waals surface area contributed by atoms with Crippen LogP contribution >= 0.6 is 19.2 Å². The Morgan fingerprint density at radius 2 is 1.25 bits per heavy atom. The van der Waals surface area contributed by atoms with Gasteiger partial charge >= 0.3 is 13.6 Å². The molecule has 0 aliphatic carbocycles. The molecule has 294 valence electrons. The number of esters is 1.